The van der Waals surface area contributed by atoms with Gasteiger partial charge < -0.3 is 5.32 Å². The molecular weight excluding hydrogens is 338 g/mol. The van der Waals surface area contributed by atoms with Crippen molar-refractivity contribution in [2.75, 3.05) is 5.32 Å². The highest BCUT2D eigenvalue weighted by atomic mass is 19.4. The molecule has 0 aliphatic rings. The minimum absolute atomic E-state index is 0.315. The molecular formula is C10H4F10N2. The fraction of sp³-hybridized carbons (Fsp3) is 0.300. The summed E-state index contributed by atoms with van der Waals surface area (Å²) < 4.78 is 124. The van der Waals surface area contributed by atoms with E-state index in [-0.39, 0.29) is 12.1 Å². The maximum Gasteiger partial charge on any atom is 0.461 e. The Morgan fingerprint density at radius 2 is 1.27 bits per heavy atom. The Hall–Kier alpha value is -2.01. The Morgan fingerprint density at radius 3 is 1.59 bits per heavy atom. The summed E-state index contributed by atoms with van der Waals surface area (Å²) in [6.07, 6.45) is -11.4. The molecule has 0 radical (unpaired) electrons. The number of alkyl halides is 8. The molecule has 2 nitrogen and oxygen atoms in total. The van der Waals surface area contributed by atoms with Crippen molar-refractivity contribution in [3.8, 4) is 0 Å². The number of anilines is 1. The Morgan fingerprint density at radius 1 is 0.864 bits per heavy atom. The summed E-state index contributed by atoms with van der Waals surface area (Å²) in [5, 5.41) is 7.32. The van der Waals surface area contributed by atoms with Crippen LogP contribution in [0.2, 0.25) is 0 Å². The van der Waals surface area contributed by atoms with Crippen LogP contribution in [0.4, 0.5) is 49.6 Å². The lowest BCUT2D eigenvalue weighted by Gasteiger charge is -2.21. The van der Waals surface area contributed by atoms with Gasteiger partial charge in [0.05, 0.1) is 5.56 Å². The zero-order valence-corrected chi connectivity index (χ0v) is 9.93. The lowest BCUT2D eigenvalue weighted by atomic mass is 10.1. The fourth-order valence-electron chi connectivity index (χ4n) is 1.20. The molecule has 0 unspecified atom stereocenters. The lowest BCUT2D eigenvalue weighted by Crippen LogP contribution is -2.47. The van der Waals surface area contributed by atoms with Gasteiger partial charge in [0.15, 0.2) is 5.84 Å². The van der Waals surface area contributed by atoms with E-state index in [0.717, 1.165) is 5.32 Å². The second-order valence-corrected chi connectivity index (χ2v) is 3.88. The zero-order chi connectivity index (χ0) is 17.5. The quantitative estimate of drug-likeness (QED) is 0.461. The monoisotopic (exact) mass is 342 g/mol. The second-order valence-electron chi connectivity index (χ2n) is 3.88. The lowest BCUT2D eigenvalue weighted by molar-refractivity contribution is -0.249. The van der Waals surface area contributed by atoms with E-state index in [2.05, 4.69) is 0 Å². The Balaban J connectivity index is 3.18. The standard InChI is InChI=1S/C10H4F10N2/c11-4-1-3(9(15,16)17)2-5(12)6(4)22-7(21)8(13,14)10(18,19)20/h1-2H,(H2,21,22). The summed E-state index contributed by atoms with van der Waals surface area (Å²) in [6, 6.07) is -0.630. The molecule has 0 aliphatic heterocycles. The SMILES string of the molecule is N=C(Nc1c(F)cc(C(F)(F)F)cc1F)C(F)(F)C(F)(F)F. The van der Waals surface area contributed by atoms with Gasteiger partial charge >= 0.3 is 18.3 Å². The van der Waals surface area contributed by atoms with Crippen LogP contribution in [0.15, 0.2) is 12.1 Å². The van der Waals surface area contributed by atoms with E-state index >= 15 is 0 Å². The first-order valence-corrected chi connectivity index (χ1v) is 5.04. The molecule has 0 aliphatic carbocycles. The average Bonchev–Trinajstić information content (AvgIpc) is 2.30. The molecule has 2 N–H and O–H groups in total. The molecule has 1 aromatic rings. The van der Waals surface area contributed by atoms with Crippen LogP contribution in [0.3, 0.4) is 0 Å². The van der Waals surface area contributed by atoms with Gasteiger partial charge in [0.2, 0.25) is 0 Å². The van der Waals surface area contributed by atoms with Gasteiger partial charge in [-0.3, -0.25) is 5.41 Å². The number of halogens is 10. The highest BCUT2D eigenvalue weighted by molar-refractivity contribution is 5.99. The average molecular weight is 342 g/mol. The topological polar surface area (TPSA) is 35.9 Å². The fourth-order valence-corrected chi connectivity index (χ4v) is 1.20. The molecule has 0 saturated carbocycles. The first kappa shape index (κ1) is 18.0. The minimum Gasteiger partial charge on any atom is -0.334 e. The van der Waals surface area contributed by atoms with E-state index < -0.39 is 47.0 Å². The molecule has 0 spiro atoms. The van der Waals surface area contributed by atoms with Crippen LogP contribution < -0.4 is 5.32 Å². The van der Waals surface area contributed by atoms with Crippen LogP contribution in [0.5, 0.6) is 0 Å². The van der Waals surface area contributed by atoms with E-state index in [1.807, 2.05) is 0 Å². The van der Waals surface area contributed by atoms with Crippen molar-refractivity contribution in [2.45, 2.75) is 18.3 Å². The molecule has 0 heterocycles. The molecule has 0 aromatic heterocycles. The summed E-state index contributed by atoms with van der Waals surface area (Å²) in [6.45, 7) is 0. The summed E-state index contributed by atoms with van der Waals surface area (Å²) in [7, 11) is 0. The van der Waals surface area contributed by atoms with Crippen molar-refractivity contribution in [1.29, 1.82) is 5.41 Å². The van der Waals surface area contributed by atoms with Gasteiger partial charge in [0.1, 0.15) is 17.3 Å². The molecule has 0 amide bonds. The van der Waals surface area contributed by atoms with Crippen LogP contribution in [-0.4, -0.2) is 17.9 Å². The highest BCUT2D eigenvalue weighted by Crippen LogP contribution is 2.38. The Kier molecular flexibility index (Phi) is 4.36. The molecule has 0 bridgehead atoms. The normalized spacial score (nSPS) is 13.2. The van der Waals surface area contributed by atoms with E-state index in [1.165, 1.54) is 0 Å². The molecule has 0 fully saturated rings. The first-order valence-electron chi connectivity index (χ1n) is 5.04. The summed E-state index contributed by atoms with van der Waals surface area (Å²) in [5.41, 5.74) is -3.55. The van der Waals surface area contributed by atoms with E-state index in [4.69, 9.17) is 5.41 Å². The van der Waals surface area contributed by atoms with Gasteiger partial charge in [-0.05, 0) is 12.1 Å². The maximum absolute atomic E-state index is 13.3. The second kappa shape index (κ2) is 5.32. The summed E-state index contributed by atoms with van der Waals surface area (Å²) in [5.74, 6) is -12.6. The third-order valence-electron chi connectivity index (χ3n) is 2.29. The number of benzene rings is 1. The van der Waals surface area contributed by atoms with Crippen LogP contribution >= 0.6 is 0 Å². The molecule has 12 heteroatoms. The van der Waals surface area contributed by atoms with Crippen molar-refractivity contribution in [3.05, 3.63) is 29.3 Å². The van der Waals surface area contributed by atoms with Crippen LogP contribution in [0, 0.1) is 17.0 Å². The zero-order valence-electron chi connectivity index (χ0n) is 9.93. The number of amidine groups is 1. The smallest absolute Gasteiger partial charge is 0.334 e. The van der Waals surface area contributed by atoms with Crippen molar-refractivity contribution < 1.29 is 43.9 Å². The van der Waals surface area contributed by atoms with E-state index in [0.29, 0.717) is 0 Å². The van der Waals surface area contributed by atoms with Crippen LogP contribution in [-0.2, 0) is 6.18 Å². The first-order chi connectivity index (χ1) is 9.68. The third kappa shape index (κ3) is 3.42. The van der Waals surface area contributed by atoms with Crippen LogP contribution in [0.25, 0.3) is 0 Å². The van der Waals surface area contributed by atoms with Gasteiger partial charge in [-0.1, -0.05) is 0 Å². The van der Waals surface area contributed by atoms with Gasteiger partial charge in [-0.15, -0.1) is 0 Å². The maximum atomic E-state index is 13.3. The van der Waals surface area contributed by atoms with Crippen molar-refractivity contribution in [3.63, 3.8) is 0 Å². The number of hydrogen-bond donors (Lipinski definition) is 2. The molecule has 0 atom stereocenters. The molecule has 0 saturated heterocycles. The molecule has 22 heavy (non-hydrogen) atoms. The van der Waals surface area contributed by atoms with E-state index in [1.54, 1.807) is 0 Å². The van der Waals surface area contributed by atoms with E-state index in [9.17, 15) is 43.9 Å². The van der Waals surface area contributed by atoms with Gasteiger partial charge in [-0.2, -0.15) is 35.1 Å². The Labute approximate surface area is 115 Å². The van der Waals surface area contributed by atoms with Crippen molar-refractivity contribution in [1.82, 2.24) is 0 Å². The number of rotatable bonds is 2. The Bertz CT molecular complexity index is 563. The minimum atomic E-state index is -6.23. The predicted molar refractivity (Wildman–Crippen MR) is 53.7 cm³/mol. The molecule has 124 valence electrons. The molecule has 1 rings (SSSR count). The molecule has 1 aromatic carbocycles. The predicted octanol–water partition coefficient (Wildman–Crippen LogP) is 4.57. The van der Waals surface area contributed by atoms with Gasteiger partial charge in [0.25, 0.3) is 0 Å². The van der Waals surface area contributed by atoms with Crippen molar-refractivity contribution >= 4 is 11.5 Å². The van der Waals surface area contributed by atoms with Crippen LogP contribution in [0.1, 0.15) is 5.56 Å². The highest BCUT2D eigenvalue weighted by Gasteiger charge is 2.61. The number of hydrogen-bond acceptors (Lipinski definition) is 1. The third-order valence-corrected chi connectivity index (χ3v) is 2.29. The van der Waals surface area contributed by atoms with Gasteiger partial charge in [-0.25, -0.2) is 8.78 Å². The largest absolute Gasteiger partial charge is 0.461 e. The summed E-state index contributed by atoms with van der Waals surface area (Å²) >= 11 is 0. The van der Waals surface area contributed by atoms with Crippen molar-refractivity contribution in [2.24, 2.45) is 0 Å². The summed E-state index contributed by atoms with van der Waals surface area (Å²) in [4.78, 5) is 0. The van der Waals surface area contributed by atoms with Gasteiger partial charge in [0, 0.05) is 0 Å². The number of nitrogens with one attached hydrogen (secondary N) is 2.